The molecule has 9 heteroatoms. The summed E-state index contributed by atoms with van der Waals surface area (Å²) in [5.41, 5.74) is 1.59. The number of carbonyl (C=O) groups is 3. The number of fused-ring (bicyclic) bond motifs is 1. The van der Waals surface area contributed by atoms with E-state index in [0.29, 0.717) is 28.6 Å². The monoisotopic (exact) mass is 426 g/mol. The first-order chi connectivity index (χ1) is 14.8. The zero-order chi connectivity index (χ0) is 22.5. The van der Waals surface area contributed by atoms with Crippen molar-refractivity contribution < 1.29 is 23.9 Å². The number of carbonyl (C=O) groups excluding carboxylic acids is 3. The number of para-hydroxylation sites is 2. The van der Waals surface area contributed by atoms with Crippen LogP contribution in [0.1, 0.15) is 13.8 Å². The first kappa shape index (κ1) is 21.9. The SMILES string of the molecule is COc1cc(NC(=O)C(NC(=O)N2CC(=O)Nc3ccccc32)C(C)C)cc(OC)c1. The Labute approximate surface area is 180 Å². The summed E-state index contributed by atoms with van der Waals surface area (Å²) in [6.45, 7) is 3.52. The van der Waals surface area contributed by atoms with E-state index >= 15 is 0 Å². The Morgan fingerprint density at radius 2 is 1.71 bits per heavy atom. The number of ether oxygens (including phenoxy) is 2. The third kappa shape index (κ3) is 5.06. The zero-order valence-electron chi connectivity index (χ0n) is 17.9. The summed E-state index contributed by atoms with van der Waals surface area (Å²) >= 11 is 0. The van der Waals surface area contributed by atoms with Crippen LogP contribution in [-0.4, -0.2) is 44.7 Å². The maximum atomic E-state index is 13.0. The Hall–Kier alpha value is -3.75. The van der Waals surface area contributed by atoms with Gasteiger partial charge >= 0.3 is 6.03 Å². The van der Waals surface area contributed by atoms with Crippen LogP contribution in [0.2, 0.25) is 0 Å². The summed E-state index contributed by atoms with van der Waals surface area (Å²) in [5, 5.41) is 8.29. The summed E-state index contributed by atoms with van der Waals surface area (Å²) in [7, 11) is 3.04. The highest BCUT2D eigenvalue weighted by Gasteiger charge is 2.31. The molecule has 0 saturated heterocycles. The average molecular weight is 426 g/mol. The van der Waals surface area contributed by atoms with Gasteiger partial charge in [0.25, 0.3) is 0 Å². The second-order valence-corrected chi connectivity index (χ2v) is 7.41. The number of nitrogens with one attached hydrogen (secondary N) is 3. The van der Waals surface area contributed by atoms with Gasteiger partial charge in [-0.15, -0.1) is 0 Å². The molecule has 31 heavy (non-hydrogen) atoms. The minimum Gasteiger partial charge on any atom is -0.497 e. The van der Waals surface area contributed by atoms with E-state index in [1.54, 1.807) is 42.5 Å². The summed E-state index contributed by atoms with van der Waals surface area (Å²) in [6.07, 6.45) is 0. The second kappa shape index (κ2) is 9.38. The second-order valence-electron chi connectivity index (χ2n) is 7.41. The van der Waals surface area contributed by atoms with Gasteiger partial charge < -0.3 is 25.4 Å². The van der Waals surface area contributed by atoms with E-state index in [2.05, 4.69) is 16.0 Å². The number of hydrogen-bond acceptors (Lipinski definition) is 5. The Morgan fingerprint density at radius 3 is 2.32 bits per heavy atom. The van der Waals surface area contributed by atoms with E-state index in [1.165, 1.54) is 19.1 Å². The lowest BCUT2D eigenvalue weighted by molar-refractivity contribution is -0.118. The standard InChI is InChI=1S/C22H26N4O5/c1-13(2)20(21(28)23-14-9-15(30-3)11-16(10-14)31-4)25-22(29)26-12-19(27)24-17-7-5-6-8-18(17)26/h5-11,13,20H,12H2,1-4H3,(H,23,28)(H,24,27)(H,25,29). The highest BCUT2D eigenvalue weighted by Crippen LogP contribution is 2.29. The first-order valence-electron chi connectivity index (χ1n) is 9.83. The average Bonchev–Trinajstić information content (AvgIpc) is 2.75. The van der Waals surface area contributed by atoms with E-state index in [-0.39, 0.29) is 18.4 Å². The molecule has 1 atom stereocenters. The topological polar surface area (TPSA) is 109 Å². The maximum Gasteiger partial charge on any atom is 0.323 e. The van der Waals surface area contributed by atoms with Gasteiger partial charge in [0.15, 0.2) is 0 Å². The van der Waals surface area contributed by atoms with Crippen molar-refractivity contribution in [3.63, 3.8) is 0 Å². The maximum absolute atomic E-state index is 13.0. The van der Waals surface area contributed by atoms with Crippen LogP contribution in [0.3, 0.4) is 0 Å². The van der Waals surface area contributed by atoms with Crippen molar-refractivity contribution in [2.24, 2.45) is 5.92 Å². The summed E-state index contributed by atoms with van der Waals surface area (Å²) < 4.78 is 10.5. The minimum absolute atomic E-state index is 0.137. The van der Waals surface area contributed by atoms with Gasteiger partial charge in [0, 0.05) is 23.9 Å². The molecule has 0 radical (unpaired) electrons. The predicted octanol–water partition coefficient (Wildman–Crippen LogP) is 2.84. The molecule has 1 aliphatic rings. The van der Waals surface area contributed by atoms with Crippen LogP contribution in [0.5, 0.6) is 11.5 Å². The van der Waals surface area contributed by atoms with Gasteiger partial charge in [-0.05, 0) is 18.1 Å². The fraction of sp³-hybridized carbons (Fsp3) is 0.318. The molecular weight excluding hydrogens is 400 g/mol. The van der Waals surface area contributed by atoms with Crippen LogP contribution in [0.25, 0.3) is 0 Å². The molecule has 1 heterocycles. The first-order valence-corrected chi connectivity index (χ1v) is 9.83. The molecule has 0 fully saturated rings. The molecule has 3 N–H and O–H groups in total. The van der Waals surface area contributed by atoms with E-state index in [0.717, 1.165) is 0 Å². The summed E-state index contributed by atoms with van der Waals surface area (Å²) in [4.78, 5) is 39.3. The highest BCUT2D eigenvalue weighted by atomic mass is 16.5. The third-order valence-corrected chi connectivity index (χ3v) is 4.86. The van der Waals surface area contributed by atoms with Crippen molar-refractivity contribution in [3.05, 3.63) is 42.5 Å². The molecule has 9 nitrogen and oxygen atoms in total. The number of urea groups is 1. The van der Waals surface area contributed by atoms with E-state index in [1.807, 2.05) is 13.8 Å². The highest BCUT2D eigenvalue weighted by molar-refractivity contribution is 6.10. The lowest BCUT2D eigenvalue weighted by atomic mass is 10.0. The molecule has 2 aromatic carbocycles. The van der Waals surface area contributed by atoms with Gasteiger partial charge in [-0.2, -0.15) is 0 Å². The lowest BCUT2D eigenvalue weighted by Crippen LogP contribution is -2.54. The Bertz CT molecular complexity index is 969. The van der Waals surface area contributed by atoms with Crippen molar-refractivity contribution in [1.29, 1.82) is 0 Å². The Balaban J connectivity index is 1.78. The lowest BCUT2D eigenvalue weighted by Gasteiger charge is -2.31. The van der Waals surface area contributed by atoms with Crippen LogP contribution in [0.4, 0.5) is 21.9 Å². The van der Waals surface area contributed by atoms with Crippen LogP contribution in [0.15, 0.2) is 42.5 Å². The molecule has 3 rings (SSSR count). The molecule has 2 aromatic rings. The fourth-order valence-electron chi connectivity index (χ4n) is 3.26. The van der Waals surface area contributed by atoms with E-state index in [4.69, 9.17) is 9.47 Å². The van der Waals surface area contributed by atoms with Crippen LogP contribution < -0.4 is 30.3 Å². The normalized spacial score (nSPS) is 13.7. The smallest absolute Gasteiger partial charge is 0.323 e. The molecule has 1 aliphatic heterocycles. The molecule has 0 aromatic heterocycles. The fourth-order valence-corrected chi connectivity index (χ4v) is 3.26. The quantitative estimate of drug-likeness (QED) is 0.658. The van der Waals surface area contributed by atoms with Crippen molar-refractivity contribution >= 4 is 34.9 Å². The number of anilines is 3. The van der Waals surface area contributed by atoms with Gasteiger partial charge in [0.1, 0.15) is 24.1 Å². The Morgan fingerprint density at radius 1 is 1.06 bits per heavy atom. The summed E-state index contributed by atoms with van der Waals surface area (Å²) in [6, 6.07) is 10.6. The molecule has 0 saturated carbocycles. The Kier molecular flexibility index (Phi) is 6.64. The van der Waals surface area contributed by atoms with Gasteiger partial charge in [0.05, 0.1) is 25.6 Å². The molecule has 0 bridgehead atoms. The van der Waals surface area contributed by atoms with Gasteiger partial charge in [-0.1, -0.05) is 26.0 Å². The molecule has 1 unspecified atom stereocenters. The predicted molar refractivity (Wildman–Crippen MR) is 118 cm³/mol. The number of rotatable bonds is 6. The molecular formula is C22H26N4O5. The third-order valence-electron chi connectivity index (χ3n) is 4.86. The number of amides is 4. The largest absolute Gasteiger partial charge is 0.497 e. The van der Waals surface area contributed by atoms with E-state index < -0.39 is 18.0 Å². The number of methoxy groups -OCH3 is 2. The zero-order valence-corrected chi connectivity index (χ0v) is 17.9. The number of hydrogen-bond donors (Lipinski definition) is 3. The molecule has 0 spiro atoms. The number of benzene rings is 2. The molecule has 164 valence electrons. The van der Waals surface area contributed by atoms with Crippen LogP contribution in [0, 0.1) is 5.92 Å². The summed E-state index contributed by atoms with van der Waals surface area (Å²) in [5.74, 6) is 0.146. The van der Waals surface area contributed by atoms with Crippen molar-refractivity contribution in [3.8, 4) is 11.5 Å². The van der Waals surface area contributed by atoms with Crippen LogP contribution >= 0.6 is 0 Å². The minimum atomic E-state index is -0.832. The number of nitrogens with zero attached hydrogens (tertiary/aromatic N) is 1. The van der Waals surface area contributed by atoms with Crippen molar-refractivity contribution in [2.45, 2.75) is 19.9 Å². The van der Waals surface area contributed by atoms with Gasteiger partial charge in [0.2, 0.25) is 11.8 Å². The van der Waals surface area contributed by atoms with Crippen LogP contribution in [-0.2, 0) is 9.59 Å². The van der Waals surface area contributed by atoms with Crippen molar-refractivity contribution in [2.75, 3.05) is 36.3 Å². The molecule has 4 amide bonds. The van der Waals surface area contributed by atoms with Gasteiger partial charge in [-0.3, -0.25) is 14.5 Å². The molecule has 0 aliphatic carbocycles. The van der Waals surface area contributed by atoms with E-state index in [9.17, 15) is 14.4 Å². The van der Waals surface area contributed by atoms with Crippen molar-refractivity contribution in [1.82, 2.24) is 5.32 Å². The van der Waals surface area contributed by atoms with Gasteiger partial charge in [-0.25, -0.2) is 4.79 Å².